The van der Waals surface area contributed by atoms with Crippen LogP contribution in [0.5, 0.6) is 0 Å². The largest absolute Gasteiger partial charge is 0.368 e. The van der Waals surface area contributed by atoms with Gasteiger partial charge in [-0.1, -0.05) is 45.0 Å². The fourth-order valence-corrected chi connectivity index (χ4v) is 3.39. The Bertz CT molecular complexity index is 904. The number of carbonyl (C=O) groups is 3. The van der Waals surface area contributed by atoms with Crippen LogP contribution in [-0.4, -0.2) is 48.7 Å². The average molecular weight is 393 g/mol. The molecule has 2 amide bonds. The number of nitrogens with zero attached hydrogens (tertiary/aromatic N) is 2. The van der Waals surface area contributed by atoms with E-state index in [4.69, 9.17) is 5.73 Å². The average Bonchev–Trinajstić information content (AvgIpc) is 2.72. The third-order valence-electron chi connectivity index (χ3n) is 5.29. The molecule has 29 heavy (non-hydrogen) atoms. The highest BCUT2D eigenvalue weighted by Crippen LogP contribution is 2.23. The Balaban J connectivity index is 1.60. The monoisotopic (exact) mass is 393 g/mol. The zero-order valence-corrected chi connectivity index (χ0v) is 17.1. The van der Waals surface area contributed by atoms with Crippen molar-refractivity contribution in [1.82, 2.24) is 4.90 Å². The molecule has 1 saturated heterocycles. The number of benzene rings is 2. The van der Waals surface area contributed by atoms with Gasteiger partial charge in [-0.2, -0.15) is 0 Å². The minimum Gasteiger partial charge on any atom is -0.368 e. The van der Waals surface area contributed by atoms with Crippen LogP contribution in [-0.2, 0) is 10.2 Å². The van der Waals surface area contributed by atoms with Crippen LogP contribution in [0.15, 0.2) is 48.5 Å². The number of ketones is 1. The molecular formula is C23H27N3O3. The number of piperazine rings is 1. The first-order valence-corrected chi connectivity index (χ1v) is 9.76. The van der Waals surface area contributed by atoms with Crippen molar-refractivity contribution in [2.75, 3.05) is 31.1 Å². The number of primary amides is 1. The molecule has 0 spiro atoms. The van der Waals surface area contributed by atoms with Crippen LogP contribution in [0.25, 0.3) is 0 Å². The lowest BCUT2D eigenvalue weighted by Crippen LogP contribution is -2.50. The number of hydrogen-bond acceptors (Lipinski definition) is 4. The fraction of sp³-hybridized carbons (Fsp3) is 0.348. The smallest absolute Gasteiger partial charge is 0.295 e. The number of anilines is 1. The molecule has 6 nitrogen and oxygen atoms in total. The molecule has 2 aromatic rings. The van der Waals surface area contributed by atoms with Crippen molar-refractivity contribution in [2.24, 2.45) is 5.73 Å². The number of rotatable bonds is 4. The number of amides is 2. The number of nitrogens with two attached hydrogens (primary N) is 1. The van der Waals surface area contributed by atoms with Crippen LogP contribution < -0.4 is 10.6 Å². The second kappa shape index (κ2) is 8.07. The van der Waals surface area contributed by atoms with Crippen LogP contribution in [0, 0.1) is 0 Å². The van der Waals surface area contributed by atoms with E-state index in [9.17, 15) is 14.4 Å². The van der Waals surface area contributed by atoms with Crippen LogP contribution in [0.2, 0.25) is 0 Å². The first-order chi connectivity index (χ1) is 13.7. The van der Waals surface area contributed by atoms with Crippen LogP contribution in [0.3, 0.4) is 0 Å². The molecular weight excluding hydrogens is 366 g/mol. The molecule has 2 N–H and O–H groups in total. The van der Waals surface area contributed by atoms with Crippen molar-refractivity contribution in [3.05, 3.63) is 65.2 Å². The third-order valence-corrected chi connectivity index (χ3v) is 5.29. The van der Waals surface area contributed by atoms with Gasteiger partial charge in [0.05, 0.1) is 0 Å². The Hall–Kier alpha value is -3.15. The zero-order valence-electron chi connectivity index (χ0n) is 17.1. The van der Waals surface area contributed by atoms with Crippen molar-refractivity contribution in [2.45, 2.75) is 26.2 Å². The van der Waals surface area contributed by atoms with Gasteiger partial charge in [-0.15, -0.1) is 0 Å². The molecule has 0 atom stereocenters. The molecule has 1 heterocycles. The van der Waals surface area contributed by atoms with Crippen LogP contribution >= 0.6 is 0 Å². The van der Waals surface area contributed by atoms with Gasteiger partial charge in [0.25, 0.3) is 5.91 Å². The Morgan fingerprint density at radius 3 is 1.79 bits per heavy atom. The van der Waals surface area contributed by atoms with Crippen molar-refractivity contribution in [3.8, 4) is 0 Å². The highest BCUT2D eigenvalue weighted by atomic mass is 16.2. The Morgan fingerprint density at radius 1 is 0.793 bits per heavy atom. The van der Waals surface area contributed by atoms with Gasteiger partial charge in [-0.05, 0) is 35.2 Å². The summed E-state index contributed by atoms with van der Waals surface area (Å²) in [5.74, 6) is -1.39. The summed E-state index contributed by atoms with van der Waals surface area (Å²) in [5, 5.41) is 0. The second-order valence-electron chi connectivity index (χ2n) is 8.35. The summed E-state index contributed by atoms with van der Waals surface area (Å²) in [7, 11) is 0. The minimum absolute atomic E-state index is 0.00242. The first-order valence-electron chi connectivity index (χ1n) is 9.76. The lowest BCUT2D eigenvalue weighted by atomic mass is 9.86. The highest BCUT2D eigenvalue weighted by Gasteiger charge is 2.27. The topological polar surface area (TPSA) is 83.7 Å². The quantitative estimate of drug-likeness (QED) is 0.639. The van der Waals surface area contributed by atoms with Gasteiger partial charge >= 0.3 is 0 Å². The molecule has 6 heteroatoms. The lowest BCUT2D eigenvalue weighted by molar-refractivity contribution is -0.126. The molecule has 0 aliphatic carbocycles. The summed E-state index contributed by atoms with van der Waals surface area (Å²) in [5.41, 5.74) is 8.24. The first kappa shape index (κ1) is 20.6. The molecule has 0 saturated carbocycles. The standard InChI is InChI=1S/C23H27N3O3/c1-23(2,3)18-8-4-16(5-9-18)20(27)22(29)26-14-12-25(13-15-26)19-10-6-17(7-11-19)21(24)28/h4-11H,12-15H2,1-3H3,(H2,24,28). The lowest BCUT2D eigenvalue weighted by Gasteiger charge is -2.35. The van der Waals surface area contributed by atoms with Gasteiger partial charge in [0.15, 0.2) is 0 Å². The van der Waals surface area contributed by atoms with Gasteiger partial charge in [0, 0.05) is 43.0 Å². The summed E-state index contributed by atoms with van der Waals surface area (Å²) in [4.78, 5) is 40.2. The fourth-order valence-electron chi connectivity index (χ4n) is 3.39. The predicted octanol–water partition coefficient (Wildman–Crippen LogP) is 2.61. The molecule has 3 rings (SSSR count). The predicted molar refractivity (Wildman–Crippen MR) is 113 cm³/mol. The summed E-state index contributed by atoms with van der Waals surface area (Å²) in [6.45, 7) is 8.52. The molecule has 152 valence electrons. The minimum atomic E-state index is -0.468. The maximum atomic E-state index is 12.6. The van der Waals surface area contributed by atoms with Gasteiger partial charge in [0.2, 0.25) is 11.7 Å². The second-order valence-corrected chi connectivity index (χ2v) is 8.35. The Labute approximate surface area is 171 Å². The van der Waals surface area contributed by atoms with Gasteiger partial charge < -0.3 is 15.5 Å². The molecule has 1 fully saturated rings. The van der Waals surface area contributed by atoms with Gasteiger partial charge in [0.1, 0.15) is 0 Å². The number of carbonyl (C=O) groups excluding carboxylic acids is 3. The molecule has 2 aromatic carbocycles. The van der Waals surface area contributed by atoms with Gasteiger partial charge in [-0.25, -0.2) is 0 Å². The maximum absolute atomic E-state index is 12.6. The maximum Gasteiger partial charge on any atom is 0.295 e. The summed E-state index contributed by atoms with van der Waals surface area (Å²) >= 11 is 0. The van der Waals surface area contributed by atoms with E-state index in [1.165, 1.54) is 0 Å². The zero-order chi connectivity index (χ0) is 21.2. The summed E-state index contributed by atoms with van der Waals surface area (Å²) in [6, 6.07) is 14.4. The SMILES string of the molecule is CC(C)(C)c1ccc(C(=O)C(=O)N2CCN(c3ccc(C(N)=O)cc3)CC2)cc1. The van der Waals surface area contributed by atoms with E-state index in [0.717, 1.165) is 11.3 Å². The highest BCUT2D eigenvalue weighted by molar-refractivity contribution is 6.42. The Kier molecular flexibility index (Phi) is 5.73. The number of hydrogen-bond donors (Lipinski definition) is 1. The van der Waals surface area contributed by atoms with E-state index in [1.54, 1.807) is 29.2 Å². The van der Waals surface area contributed by atoms with Gasteiger partial charge in [-0.3, -0.25) is 14.4 Å². The van der Waals surface area contributed by atoms with Crippen molar-refractivity contribution < 1.29 is 14.4 Å². The Morgan fingerprint density at radius 2 is 1.31 bits per heavy atom. The third kappa shape index (κ3) is 4.65. The normalized spacial score (nSPS) is 14.6. The molecule has 0 bridgehead atoms. The molecule has 0 unspecified atom stereocenters. The summed E-state index contributed by atoms with van der Waals surface area (Å²) in [6.07, 6.45) is 0. The van der Waals surface area contributed by atoms with E-state index < -0.39 is 17.6 Å². The van der Waals surface area contributed by atoms with Crippen LogP contribution in [0.1, 0.15) is 47.1 Å². The van der Waals surface area contributed by atoms with Crippen molar-refractivity contribution in [3.63, 3.8) is 0 Å². The van der Waals surface area contributed by atoms with E-state index >= 15 is 0 Å². The summed E-state index contributed by atoms with van der Waals surface area (Å²) < 4.78 is 0. The molecule has 1 aliphatic rings. The van der Waals surface area contributed by atoms with E-state index in [-0.39, 0.29) is 5.41 Å². The van der Waals surface area contributed by atoms with Crippen LogP contribution in [0.4, 0.5) is 5.69 Å². The van der Waals surface area contributed by atoms with E-state index in [1.807, 2.05) is 24.3 Å². The molecule has 0 radical (unpaired) electrons. The van der Waals surface area contributed by atoms with E-state index in [2.05, 4.69) is 25.7 Å². The number of Topliss-reactive ketones (excluding diaryl/α,β-unsaturated/α-hetero) is 1. The molecule has 1 aliphatic heterocycles. The van der Waals surface area contributed by atoms with Crippen molar-refractivity contribution >= 4 is 23.3 Å². The molecule has 0 aromatic heterocycles. The van der Waals surface area contributed by atoms with Crippen molar-refractivity contribution in [1.29, 1.82) is 0 Å². The van der Waals surface area contributed by atoms with E-state index in [0.29, 0.717) is 37.3 Å².